The number of piperidine rings is 1. The number of amides is 2. The van der Waals surface area contributed by atoms with Gasteiger partial charge in [0, 0.05) is 31.3 Å². The predicted molar refractivity (Wildman–Crippen MR) is 91.0 cm³/mol. The molecule has 128 valence electrons. The minimum atomic E-state index is -0.205. The molecular formula is C17H27N3O2S. The van der Waals surface area contributed by atoms with Gasteiger partial charge in [0.1, 0.15) is 6.04 Å². The lowest BCUT2D eigenvalue weighted by Gasteiger charge is -2.41. The Bertz CT molecular complexity index is 478. The molecule has 0 aromatic rings. The van der Waals surface area contributed by atoms with Crippen molar-refractivity contribution in [2.75, 3.05) is 37.8 Å². The minimum Gasteiger partial charge on any atom is -0.341 e. The third-order valence-corrected chi connectivity index (χ3v) is 7.38. The first-order valence-corrected chi connectivity index (χ1v) is 10.2. The number of hydrogen-bond acceptors (Lipinski definition) is 4. The first-order chi connectivity index (χ1) is 11.2. The molecule has 3 aliphatic heterocycles. The van der Waals surface area contributed by atoms with Gasteiger partial charge in [-0.15, -0.1) is 11.8 Å². The van der Waals surface area contributed by atoms with Crippen LogP contribution in [0.1, 0.15) is 38.5 Å². The highest BCUT2D eigenvalue weighted by atomic mass is 32.2. The fraction of sp³-hybridized carbons (Fsp3) is 0.882. The Labute approximate surface area is 142 Å². The Morgan fingerprint density at radius 2 is 1.87 bits per heavy atom. The summed E-state index contributed by atoms with van der Waals surface area (Å²) >= 11 is 1.73. The lowest BCUT2D eigenvalue weighted by atomic mass is 9.77. The van der Waals surface area contributed by atoms with Crippen LogP contribution in [0.15, 0.2) is 0 Å². The van der Waals surface area contributed by atoms with Crippen LogP contribution in [0.5, 0.6) is 0 Å². The number of carbonyl (C=O) groups is 2. The minimum absolute atomic E-state index is 0.193. The molecule has 1 spiro atoms. The molecular weight excluding hydrogens is 310 g/mol. The molecule has 1 N–H and O–H groups in total. The molecule has 4 fully saturated rings. The predicted octanol–water partition coefficient (Wildman–Crippen LogP) is 1.29. The number of likely N-dealkylation sites (tertiary alicyclic amines) is 1. The van der Waals surface area contributed by atoms with Gasteiger partial charge < -0.3 is 15.1 Å². The Morgan fingerprint density at radius 3 is 2.48 bits per heavy atom. The van der Waals surface area contributed by atoms with E-state index in [2.05, 4.69) is 5.32 Å². The van der Waals surface area contributed by atoms with Crippen LogP contribution in [0.3, 0.4) is 0 Å². The van der Waals surface area contributed by atoms with Crippen molar-refractivity contribution in [3.8, 4) is 0 Å². The van der Waals surface area contributed by atoms with Gasteiger partial charge in [-0.05, 0) is 44.1 Å². The SMILES string of the molecule is O=C(C1CSCN1C(=O)C1CCC1)N1CCC2(CCNC2)CC1. The quantitative estimate of drug-likeness (QED) is 0.825. The number of carbonyl (C=O) groups excluding carboxylic acids is 2. The van der Waals surface area contributed by atoms with E-state index in [1.807, 2.05) is 9.80 Å². The molecule has 0 aromatic carbocycles. The van der Waals surface area contributed by atoms with E-state index in [0.717, 1.165) is 64.0 Å². The number of thioether (sulfide) groups is 1. The number of nitrogens with zero attached hydrogens (tertiary/aromatic N) is 2. The Kier molecular flexibility index (Phi) is 4.30. The zero-order valence-electron chi connectivity index (χ0n) is 13.8. The first-order valence-electron chi connectivity index (χ1n) is 9.06. The number of nitrogens with one attached hydrogen (secondary N) is 1. The van der Waals surface area contributed by atoms with Gasteiger partial charge in [-0.1, -0.05) is 6.42 Å². The third kappa shape index (κ3) is 2.88. The fourth-order valence-electron chi connectivity index (χ4n) is 4.39. The van der Waals surface area contributed by atoms with E-state index < -0.39 is 0 Å². The van der Waals surface area contributed by atoms with Crippen LogP contribution in [-0.2, 0) is 9.59 Å². The monoisotopic (exact) mass is 337 g/mol. The van der Waals surface area contributed by atoms with Crippen molar-refractivity contribution in [2.45, 2.75) is 44.6 Å². The molecule has 0 aromatic heterocycles. The second kappa shape index (κ2) is 6.28. The van der Waals surface area contributed by atoms with Gasteiger partial charge in [-0.2, -0.15) is 0 Å². The topological polar surface area (TPSA) is 52.7 Å². The molecule has 1 atom stereocenters. The summed E-state index contributed by atoms with van der Waals surface area (Å²) in [6.07, 6.45) is 6.67. The van der Waals surface area contributed by atoms with Gasteiger partial charge in [-0.3, -0.25) is 9.59 Å². The largest absolute Gasteiger partial charge is 0.341 e. The van der Waals surface area contributed by atoms with Gasteiger partial charge in [0.15, 0.2) is 0 Å². The van der Waals surface area contributed by atoms with Crippen molar-refractivity contribution >= 4 is 23.6 Å². The van der Waals surface area contributed by atoms with Crippen LogP contribution in [0, 0.1) is 11.3 Å². The summed E-state index contributed by atoms with van der Waals surface area (Å²) in [7, 11) is 0. The van der Waals surface area contributed by atoms with Gasteiger partial charge in [0.05, 0.1) is 5.88 Å². The first kappa shape index (κ1) is 15.8. The van der Waals surface area contributed by atoms with Crippen LogP contribution in [-0.4, -0.2) is 65.5 Å². The van der Waals surface area contributed by atoms with Crippen LogP contribution in [0.25, 0.3) is 0 Å². The van der Waals surface area contributed by atoms with Crippen LogP contribution < -0.4 is 5.32 Å². The fourth-order valence-corrected chi connectivity index (χ4v) is 5.54. The van der Waals surface area contributed by atoms with E-state index in [1.165, 1.54) is 6.42 Å². The molecule has 0 radical (unpaired) electrons. The molecule has 4 aliphatic rings. The van der Waals surface area contributed by atoms with Gasteiger partial charge in [0.2, 0.25) is 11.8 Å². The highest BCUT2D eigenvalue weighted by Crippen LogP contribution is 2.38. The maximum absolute atomic E-state index is 13.0. The zero-order valence-corrected chi connectivity index (χ0v) is 14.6. The van der Waals surface area contributed by atoms with Crippen molar-refractivity contribution in [2.24, 2.45) is 11.3 Å². The molecule has 1 aliphatic carbocycles. The molecule has 2 amide bonds. The lowest BCUT2D eigenvalue weighted by molar-refractivity contribution is -0.148. The lowest BCUT2D eigenvalue weighted by Crippen LogP contribution is -2.53. The van der Waals surface area contributed by atoms with Crippen LogP contribution in [0.2, 0.25) is 0 Å². The molecule has 4 rings (SSSR count). The molecule has 0 bridgehead atoms. The molecule has 5 nitrogen and oxygen atoms in total. The number of rotatable bonds is 2. The van der Waals surface area contributed by atoms with Crippen molar-refractivity contribution in [1.82, 2.24) is 15.1 Å². The molecule has 3 saturated heterocycles. The second-order valence-electron chi connectivity index (χ2n) is 7.70. The molecule has 3 heterocycles. The smallest absolute Gasteiger partial charge is 0.246 e. The van der Waals surface area contributed by atoms with Crippen molar-refractivity contribution in [1.29, 1.82) is 0 Å². The summed E-state index contributed by atoms with van der Waals surface area (Å²) in [4.78, 5) is 29.4. The standard InChI is InChI=1S/C17H27N3O2S/c21-15(13-2-1-3-13)20-12-23-10-14(20)16(22)19-8-5-17(6-9-19)4-7-18-11-17/h13-14,18H,1-12H2. The second-order valence-corrected chi connectivity index (χ2v) is 8.70. The van der Waals surface area contributed by atoms with E-state index in [4.69, 9.17) is 0 Å². The maximum Gasteiger partial charge on any atom is 0.246 e. The highest BCUT2D eigenvalue weighted by molar-refractivity contribution is 7.99. The molecule has 1 unspecified atom stereocenters. The van der Waals surface area contributed by atoms with Crippen molar-refractivity contribution < 1.29 is 9.59 Å². The summed E-state index contributed by atoms with van der Waals surface area (Å²) in [6.45, 7) is 3.97. The summed E-state index contributed by atoms with van der Waals surface area (Å²) in [5.74, 6) is 2.10. The Balaban J connectivity index is 1.37. The normalized spacial score (nSPS) is 30.7. The molecule has 6 heteroatoms. The highest BCUT2D eigenvalue weighted by Gasteiger charge is 2.43. The van der Waals surface area contributed by atoms with E-state index >= 15 is 0 Å². The average molecular weight is 337 g/mol. The Hall–Kier alpha value is -0.750. The van der Waals surface area contributed by atoms with Crippen LogP contribution >= 0.6 is 11.8 Å². The average Bonchev–Trinajstić information content (AvgIpc) is 3.15. The summed E-state index contributed by atoms with van der Waals surface area (Å²) in [6, 6.07) is -0.205. The van der Waals surface area contributed by atoms with Crippen molar-refractivity contribution in [3.63, 3.8) is 0 Å². The van der Waals surface area contributed by atoms with E-state index in [9.17, 15) is 9.59 Å². The van der Waals surface area contributed by atoms with E-state index in [0.29, 0.717) is 11.3 Å². The Morgan fingerprint density at radius 1 is 1.09 bits per heavy atom. The molecule has 1 saturated carbocycles. The van der Waals surface area contributed by atoms with Gasteiger partial charge in [-0.25, -0.2) is 0 Å². The molecule has 23 heavy (non-hydrogen) atoms. The zero-order chi connectivity index (χ0) is 15.9. The third-order valence-electron chi connectivity index (χ3n) is 6.37. The van der Waals surface area contributed by atoms with Crippen molar-refractivity contribution in [3.05, 3.63) is 0 Å². The van der Waals surface area contributed by atoms with Crippen LogP contribution in [0.4, 0.5) is 0 Å². The maximum atomic E-state index is 13.0. The van der Waals surface area contributed by atoms with E-state index in [1.54, 1.807) is 11.8 Å². The number of hydrogen-bond donors (Lipinski definition) is 1. The summed E-state index contributed by atoms with van der Waals surface area (Å²) in [5, 5.41) is 3.47. The van der Waals surface area contributed by atoms with E-state index in [-0.39, 0.29) is 23.8 Å². The summed E-state index contributed by atoms with van der Waals surface area (Å²) < 4.78 is 0. The van der Waals surface area contributed by atoms with Gasteiger partial charge in [0.25, 0.3) is 0 Å². The summed E-state index contributed by atoms with van der Waals surface area (Å²) in [5.41, 5.74) is 0.433. The van der Waals surface area contributed by atoms with Gasteiger partial charge >= 0.3 is 0 Å².